The highest BCUT2D eigenvalue weighted by Crippen LogP contribution is 2.56. The van der Waals surface area contributed by atoms with Crippen LogP contribution in [0.2, 0.25) is 0 Å². The molecule has 0 spiro atoms. The molecule has 3 nitrogen and oxygen atoms in total. The maximum Gasteiger partial charge on any atom is 0.200 e. The third kappa shape index (κ3) is 2.26. The second kappa shape index (κ2) is 4.22. The van der Waals surface area contributed by atoms with E-state index in [1.165, 1.54) is 0 Å². The summed E-state index contributed by atoms with van der Waals surface area (Å²) in [5.41, 5.74) is 0.235. The minimum Gasteiger partial charge on any atom is -0.336 e. The molecule has 0 radical (unpaired) electrons. The molecule has 1 heterocycles. The van der Waals surface area contributed by atoms with Gasteiger partial charge >= 0.3 is 0 Å². The van der Waals surface area contributed by atoms with Crippen LogP contribution in [0.15, 0.2) is 23.0 Å². The molecule has 0 saturated carbocycles. The number of ketones is 1. The number of fused-ring (bicyclic) bond motifs is 1. The smallest absolute Gasteiger partial charge is 0.200 e. The lowest BCUT2D eigenvalue weighted by atomic mass is 9.62. The first kappa shape index (κ1) is 16.3. The van der Waals surface area contributed by atoms with Gasteiger partial charge in [0.2, 0.25) is 0 Å². The second-order valence-corrected chi connectivity index (χ2v) is 9.24. The molecule has 0 bridgehead atoms. The quantitative estimate of drug-likeness (QED) is 0.613. The van der Waals surface area contributed by atoms with Crippen LogP contribution in [0.4, 0.5) is 0 Å². The van der Waals surface area contributed by atoms with Crippen molar-refractivity contribution in [2.45, 2.75) is 67.9 Å². The molecule has 21 heavy (non-hydrogen) atoms. The number of hydrogen-bond acceptors (Lipinski definition) is 3. The molecule has 0 aromatic heterocycles. The third-order valence-corrected chi connectivity index (χ3v) is 4.31. The molecule has 1 aliphatic carbocycles. The Morgan fingerprint density at radius 2 is 1.43 bits per heavy atom. The summed E-state index contributed by atoms with van der Waals surface area (Å²) < 4.78 is 0. The molecule has 118 valence electrons. The first-order chi connectivity index (χ1) is 9.22. The fraction of sp³-hybridized carbons (Fsp3) is 0.722. The predicted octanol–water partition coefficient (Wildman–Crippen LogP) is 4.59. The first-order valence-electron chi connectivity index (χ1n) is 7.61. The number of hydrogen-bond donors (Lipinski definition) is 0. The normalized spacial score (nSPS) is 26.9. The molecular formula is C18H28O3. The molecule has 3 heteroatoms. The van der Waals surface area contributed by atoms with Crippen LogP contribution in [-0.2, 0) is 14.6 Å². The van der Waals surface area contributed by atoms with Gasteiger partial charge in [0.15, 0.2) is 17.1 Å². The Hall–Kier alpha value is -1.09. The summed E-state index contributed by atoms with van der Waals surface area (Å²) in [4.78, 5) is 24.0. The zero-order valence-electron chi connectivity index (χ0n) is 14.8. The molecule has 0 amide bonds. The minimum atomic E-state index is -0.633. The second-order valence-electron chi connectivity index (χ2n) is 9.24. The summed E-state index contributed by atoms with van der Waals surface area (Å²) in [5, 5.41) is 0. The van der Waals surface area contributed by atoms with Crippen molar-refractivity contribution >= 4 is 5.78 Å². The maximum absolute atomic E-state index is 13.0. The minimum absolute atomic E-state index is 0.0909. The lowest BCUT2D eigenvalue weighted by molar-refractivity contribution is -0.432. The van der Waals surface area contributed by atoms with Crippen molar-refractivity contribution in [3.8, 4) is 0 Å². The van der Waals surface area contributed by atoms with Gasteiger partial charge in [-0.1, -0.05) is 62.3 Å². The van der Waals surface area contributed by atoms with E-state index in [4.69, 9.17) is 9.78 Å². The summed E-state index contributed by atoms with van der Waals surface area (Å²) in [6, 6.07) is 0. The Labute approximate surface area is 128 Å². The molecule has 2 rings (SSSR count). The number of Topliss-reactive ketones (excluding diaryl/α,β-unsaturated/α-hetero) is 1. The topological polar surface area (TPSA) is 35.5 Å². The van der Waals surface area contributed by atoms with Gasteiger partial charge in [0.1, 0.15) is 0 Å². The van der Waals surface area contributed by atoms with Crippen LogP contribution in [0.1, 0.15) is 62.3 Å². The summed E-state index contributed by atoms with van der Waals surface area (Å²) in [6.07, 6.45) is 1.99. The van der Waals surface area contributed by atoms with E-state index >= 15 is 0 Å². The zero-order chi connectivity index (χ0) is 16.4. The van der Waals surface area contributed by atoms with E-state index in [-0.39, 0.29) is 22.0 Å². The summed E-state index contributed by atoms with van der Waals surface area (Å²) in [7, 11) is 0. The van der Waals surface area contributed by atoms with E-state index in [9.17, 15) is 4.79 Å². The molecule has 1 atom stereocenters. The van der Waals surface area contributed by atoms with Gasteiger partial charge in [-0.2, -0.15) is 4.89 Å². The summed E-state index contributed by atoms with van der Waals surface area (Å²) in [5.74, 6) is 0.786. The van der Waals surface area contributed by atoms with Gasteiger partial charge in [0.25, 0.3) is 0 Å². The van der Waals surface area contributed by atoms with Crippen LogP contribution in [0.3, 0.4) is 0 Å². The van der Waals surface area contributed by atoms with Gasteiger partial charge in [0.05, 0.1) is 5.57 Å². The molecule has 1 aliphatic heterocycles. The third-order valence-electron chi connectivity index (χ3n) is 4.31. The molecule has 0 N–H and O–H groups in total. The molecule has 1 saturated heterocycles. The lowest BCUT2D eigenvalue weighted by Gasteiger charge is -2.52. The van der Waals surface area contributed by atoms with Crippen LogP contribution < -0.4 is 0 Å². The van der Waals surface area contributed by atoms with Crippen molar-refractivity contribution in [2.75, 3.05) is 0 Å². The molecule has 2 aliphatic rings. The molecule has 0 aromatic rings. The van der Waals surface area contributed by atoms with Crippen LogP contribution >= 0.6 is 0 Å². The standard InChI is InChI=1S/C18H28O3/c1-15(2,3)11-10-18(17(7,8)9)14(20-21-18)12(13(11)19)16(4,5)6/h10H,1-9H3. The number of rotatable bonds is 0. The monoisotopic (exact) mass is 292 g/mol. The van der Waals surface area contributed by atoms with Crippen LogP contribution in [0, 0.1) is 16.2 Å². The highest BCUT2D eigenvalue weighted by atomic mass is 17.3. The van der Waals surface area contributed by atoms with E-state index < -0.39 is 5.60 Å². The highest BCUT2D eigenvalue weighted by Gasteiger charge is 2.61. The van der Waals surface area contributed by atoms with Gasteiger partial charge in [0, 0.05) is 11.0 Å². The van der Waals surface area contributed by atoms with Crippen molar-refractivity contribution in [3.05, 3.63) is 23.0 Å². The van der Waals surface area contributed by atoms with Crippen molar-refractivity contribution in [2.24, 2.45) is 16.2 Å². The van der Waals surface area contributed by atoms with E-state index in [1.807, 2.05) is 26.8 Å². The van der Waals surface area contributed by atoms with Crippen LogP contribution in [0.5, 0.6) is 0 Å². The van der Waals surface area contributed by atoms with Gasteiger partial charge in [-0.3, -0.25) is 4.79 Å². The summed E-state index contributed by atoms with van der Waals surface area (Å²) in [6.45, 7) is 18.7. The van der Waals surface area contributed by atoms with E-state index in [0.717, 1.165) is 11.1 Å². The molecule has 0 aromatic carbocycles. The molecule has 1 fully saturated rings. The summed E-state index contributed by atoms with van der Waals surface area (Å²) >= 11 is 0. The predicted molar refractivity (Wildman–Crippen MR) is 83.4 cm³/mol. The highest BCUT2D eigenvalue weighted by molar-refractivity contribution is 6.11. The number of carbonyl (C=O) groups excluding carboxylic acids is 1. The van der Waals surface area contributed by atoms with Crippen LogP contribution in [0.25, 0.3) is 0 Å². The maximum atomic E-state index is 13.0. The Morgan fingerprint density at radius 3 is 1.71 bits per heavy atom. The Morgan fingerprint density at radius 1 is 0.905 bits per heavy atom. The first-order valence-corrected chi connectivity index (χ1v) is 7.61. The fourth-order valence-electron chi connectivity index (χ4n) is 2.92. The Balaban J connectivity index is 2.74. The van der Waals surface area contributed by atoms with Crippen molar-refractivity contribution < 1.29 is 14.6 Å². The zero-order valence-corrected chi connectivity index (χ0v) is 14.8. The molecule has 1 unspecified atom stereocenters. The van der Waals surface area contributed by atoms with E-state index in [0.29, 0.717) is 5.76 Å². The van der Waals surface area contributed by atoms with E-state index in [1.54, 1.807) is 0 Å². The van der Waals surface area contributed by atoms with Crippen LogP contribution in [-0.4, -0.2) is 11.4 Å². The Kier molecular flexibility index (Phi) is 3.27. The van der Waals surface area contributed by atoms with Crippen molar-refractivity contribution in [3.63, 3.8) is 0 Å². The Bertz CT molecular complexity index is 544. The van der Waals surface area contributed by atoms with Gasteiger partial charge < -0.3 is 4.89 Å². The number of carbonyl (C=O) groups is 1. The van der Waals surface area contributed by atoms with Crippen molar-refractivity contribution in [1.29, 1.82) is 0 Å². The van der Waals surface area contributed by atoms with E-state index in [2.05, 4.69) is 41.5 Å². The average Bonchev–Trinajstić information content (AvgIpc) is 2.17. The number of allylic oxidation sites excluding steroid dienone is 2. The lowest BCUT2D eigenvalue weighted by Crippen LogP contribution is -2.58. The largest absolute Gasteiger partial charge is 0.336 e. The fourth-order valence-corrected chi connectivity index (χ4v) is 2.92. The van der Waals surface area contributed by atoms with Gasteiger partial charge in [-0.15, -0.1) is 0 Å². The SMILES string of the molecule is CC(C)(C)C1=CC2(C(C)(C)C)OOC2=C(C(C)(C)C)C1=O. The molecular weight excluding hydrogens is 264 g/mol. The van der Waals surface area contributed by atoms with Gasteiger partial charge in [-0.05, 0) is 16.9 Å². The van der Waals surface area contributed by atoms with Crippen molar-refractivity contribution in [1.82, 2.24) is 0 Å². The average molecular weight is 292 g/mol. The van der Waals surface area contributed by atoms with Gasteiger partial charge in [-0.25, -0.2) is 0 Å².